The minimum atomic E-state index is -0.136. The molecular formula is C23H25NO3. The van der Waals surface area contributed by atoms with Crippen LogP contribution >= 0.6 is 0 Å². The summed E-state index contributed by atoms with van der Waals surface area (Å²) >= 11 is 0. The van der Waals surface area contributed by atoms with Crippen molar-refractivity contribution in [3.8, 4) is 11.5 Å². The van der Waals surface area contributed by atoms with Crippen molar-refractivity contribution in [2.45, 2.75) is 26.3 Å². The number of ether oxygens (including phenoxy) is 2. The molecule has 0 bridgehead atoms. The molecule has 3 aromatic rings. The molecule has 3 aromatic carbocycles. The average Bonchev–Trinajstić information content (AvgIpc) is 2.70. The van der Waals surface area contributed by atoms with E-state index in [1.807, 2.05) is 61.5 Å². The van der Waals surface area contributed by atoms with Gasteiger partial charge in [-0.2, -0.15) is 0 Å². The number of benzene rings is 3. The normalized spacial score (nSPS) is 11.8. The maximum absolute atomic E-state index is 12.4. The lowest BCUT2D eigenvalue weighted by Gasteiger charge is -2.19. The number of amides is 1. The zero-order chi connectivity index (χ0) is 19.2. The number of carbonyl (C=O) groups excluding carboxylic acids is 1. The number of aryl methyl sites for hydroxylation is 1. The first-order chi connectivity index (χ1) is 13.1. The number of fused-ring (bicyclic) bond motifs is 1. The molecule has 1 N–H and O–H groups in total. The Morgan fingerprint density at radius 3 is 2.56 bits per heavy atom. The van der Waals surface area contributed by atoms with Gasteiger partial charge in [-0.3, -0.25) is 4.79 Å². The first-order valence-corrected chi connectivity index (χ1v) is 9.16. The van der Waals surface area contributed by atoms with Gasteiger partial charge in [0.25, 0.3) is 5.91 Å². The van der Waals surface area contributed by atoms with Crippen LogP contribution in [0.2, 0.25) is 0 Å². The molecule has 1 amide bonds. The van der Waals surface area contributed by atoms with Crippen LogP contribution in [0.25, 0.3) is 10.8 Å². The van der Waals surface area contributed by atoms with Gasteiger partial charge in [0.15, 0.2) is 6.61 Å². The molecule has 0 heterocycles. The van der Waals surface area contributed by atoms with Crippen LogP contribution < -0.4 is 14.8 Å². The maximum Gasteiger partial charge on any atom is 0.258 e. The molecule has 0 aliphatic carbocycles. The van der Waals surface area contributed by atoms with E-state index in [2.05, 4.69) is 18.3 Å². The van der Waals surface area contributed by atoms with Crippen molar-refractivity contribution in [3.05, 3.63) is 71.8 Å². The van der Waals surface area contributed by atoms with Gasteiger partial charge in [0.05, 0.1) is 13.2 Å². The molecule has 0 aliphatic heterocycles. The second-order valence-corrected chi connectivity index (χ2v) is 6.52. The molecule has 3 rings (SSSR count). The van der Waals surface area contributed by atoms with Gasteiger partial charge in [-0.1, -0.05) is 55.5 Å². The highest BCUT2D eigenvalue weighted by Gasteiger charge is 2.15. The SMILES string of the molecule is CCC(NC(=O)COc1cccc2ccccc12)c1ccc(OC)c(C)c1. The maximum atomic E-state index is 12.4. The van der Waals surface area contributed by atoms with Crippen molar-refractivity contribution >= 4 is 16.7 Å². The van der Waals surface area contributed by atoms with Crippen LogP contribution in [0.15, 0.2) is 60.7 Å². The summed E-state index contributed by atoms with van der Waals surface area (Å²) in [6, 6.07) is 19.8. The van der Waals surface area contributed by atoms with E-state index in [-0.39, 0.29) is 18.6 Å². The number of hydrogen-bond donors (Lipinski definition) is 1. The van der Waals surface area contributed by atoms with E-state index in [9.17, 15) is 4.79 Å². The Bertz CT molecular complexity index is 931. The predicted molar refractivity (Wildman–Crippen MR) is 108 cm³/mol. The molecule has 4 heteroatoms. The Morgan fingerprint density at radius 2 is 1.81 bits per heavy atom. The topological polar surface area (TPSA) is 47.6 Å². The smallest absolute Gasteiger partial charge is 0.258 e. The number of rotatable bonds is 7. The first-order valence-electron chi connectivity index (χ1n) is 9.16. The molecule has 140 valence electrons. The van der Waals surface area contributed by atoms with Crippen LogP contribution in [-0.4, -0.2) is 19.6 Å². The van der Waals surface area contributed by atoms with E-state index >= 15 is 0 Å². The summed E-state index contributed by atoms with van der Waals surface area (Å²) in [7, 11) is 1.66. The Hall–Kier alpha value is -3.01. The molecule has 0 aromatic heterocycles. The Balaban J connectivity index is 1.66. The van der Waals surface area contributed by atoms with Crippen molar-refractivity contribution in [3.63, 3.8) is 0 Å². The lowest BCUT2D eigenvalue weighted by atomic mass is 10.0. The van der Waals surface area contributed by atoms with Gasteiger partial charge < -0.3 is 14.8 Å². The fourth-order valence-corrected chi connectivity index (χ4v) is 3.24. The zero-order valence-electron chi connectivity index (χ0n) is 16.0. The standard InChI is InChI=1S/C23H25NO3/c1-4-20(18-12-13-21(26-3)16(2)14-18)24-23(25)15-27-22-11-7-9-17-8-5-6-10-19(17)22/h5-14,20H,4,15H2,1-3H3,(H,24,25). The van der Waals surface area contributed by atoms with Gasteiger partial charge in [-0.05, 0) is 42.0 Å². The van der Waals surface area contributed by atoms with Crippen molar-refractivity contribution in [1.29, 1.82) is 0 Å². The predicted octanol–water partition coefficient (Wildman–Crippen LogP) is 4.80. The second-order valence-electron chi connectivity index (χ2n) is 6.52. The lowest BCUT2D eigenvalue weighted by Crippen LogP contribution is -2.32. The summed E-state index contributed by atoms with van der Waals surface area (Å²) in [6.45, 7) is 4.04. The van der Waals surface area contributed by atoms with Gasteiger partial charge in [-0.15, -0.1) is 0 Å². The Kier molecular flexibility index (Phi) is 5.97. The Morgan fingerprint density at radius 1 is 1.04 bits per heavy atom. The lowest BCUT2D eigenvalue weighted by molar-refractivity contribution is -0.123. The first kappa shape index (κ1) is 18.8. The van der Waals surface area contributed by atoms with Gasteiger partial charge in [0.2, 0.25) is 0 Å². The largest absolute Gasteiger partial charge is 0.496 e. The highest BCUT2D eigenvalue weighted by Crippen LogP contribution is 2.26. The average molecular weight is 363 g/mol. The van der Waals surface area contributed by atoms with Crippen molar-refractivity contribution in [2.75, 3.05) is 13.7 Å². The fourth-order valence-electron chi connectivity index (χ4n) is 3.24. The van der Waals surface area contributed by atoms with E-state index < -0.39 is 0 Å². The monoisotopic (exact) mass is 363 g/mol. The quantitative estimate of drug-likeness (QED) is 0.656. The van der Waals surface area contributed by atoms with E-state index in [0.29, 0.717) is 0 Å². The summed E-state index contributed by atoms with van der Waals surface area (Å²) in [5.74, 6) is 1.43. The van der Waals surface area contributed by atoms with Gasteiger partial charge in [0, 0.05) is 5.39 Å². The highest BCUT2D eigenvalue weighted by atomic mass is 16.5. The summed E-state index contributed by atoms with van der Waals surface area (Å²) in [6.07, 6.45) is 0.797. The van der Waals surface area contributed by atoms with Crippen molar-refractivity contribution < 1.29 is 14.3 Å². The number of hydrogen-bond acceptors (Lipinski definition) is 3. The summed E-state index contributed by atoms with van der Waals surface area (Å²) in [5.41, 5.74) is 2.11. The van der Waals surface area contributed by atoms with Crippen LogP contribution in [0.1, 0.15) is 30.5 Å². The molecule has 0 saturated heterocycles. The number of methoxy groups -OCH3 is 1. The third-order valence-corrected chi connectivity index (χ3v) is 4.67. The van der Waals surface area contributed by atoms with Gasteiger partial charge >= 0.3 is 0 Å². The van der Waals surface area contributed by atoms with Crippen LogP contribution in [0.4, 0.5) is 0 Å². The minimum Gasteiger partial charge on any atom is -0.496 e. The van der Waals surface area contributed by atoms with Gasteiger partial charge in [0.1, 0.15) is 11.5 Å². The molecule has 0 saturated carbocycles. The van der Waals surface area contributed by atoms with E-state index in [1.54, 1.807) is 7.11 Å². The Labute approximate surface area is 160 Å². The molecule has 27 heavy (non-hydrogen) atoms. The summed E-state index contributed by atoms with van der Waals surface area (Å²) < 4.78 is 11.1. The van der Waals surface area contributed by atoms with Crippen LogP contribution in [-0.2, 0) is 4.79 Å². The van der Waals surface area contributed by atoms with Gasteiger partial charge in [-0.25, -0.2) is 0 Å². The molecule has 0 spiro atoms. The molecule has 4 nitrogen and oxygen atoms in total. The van der Waals surface area contributed by atoms with E-state index in [4.69, 9.17) is 9.47 Å². The molecule has 0 radical (unpaired) electrons. The third kappa shape index (κ3) is 4.40. The molecular weight excluding hydrogens is 338 g/mol. The minimum absolute atomic E-state index is 0.0142. The summed E-state index contributed by atoms with van der Waals surface area (Å²) in [4.78, 5) is 12.4. The van der Waals surface area contributed by atoms with Crippen molar-refractivity contribution in [2.24, 2.45) is 0 Å². The van der Waals surface area contributed by atoms with Crippen LogP contribution in [0, 0.1) is 6.92 Å². The summed E-state index contributed by atoms with van der Waals surface area (Å²) in [5, 5.41) is 5.16. The molecule has 0 aliphatic rings. The van der Waals surface area contributed by atoms with Crippen LogP contribution in [0.3, 0.4) is 0 Å². The fraction of sp³-hybridized carbons (Fsp3) is 0.261. The molecule has 1 unspecified atom stereocenters. The third-order valence-electron chi connectivity index (χ3n) is 4.67. The highest BCUT2D eigenvalue weighted by molar-refractivity contribution is 5.88. The van der Waals surface area contributed by atoms with Crippen LogP contribution in [0.5, 0.6) is 11.5 Å². The van der Waals surface area contributed by atoms with E-state index in [1.165, 1.54) is 0 Å². The number of nitrogens with one attached hydrogen (secondary N) is 1. The molecule has 1 atom stereocenters. The number of carbonyl (C=O) groups is 1. The van der Waals surface area contributed by atoms with E-state index in [0.717, 1.165) is 39.8 Å². The molecule has 0 fully saturated rings. The van der Waals surface area contributed by atoms with Crippen molar-refractivity contribution in [1.82, 2.24) is 5.32 Å². The zero-order valence-corrected chi connectivity index (χ0v) is 16.0. The second kappa shape index (κ2) is 8.58.